The lowest BCUT2D eigenvalue weighted by Crippen LogP contribution is -2.48. The van der Waals surface area contributed by atoms with Gasteiger partial charge in [0, 0.05) is 32.7 Å². The fourth-order valence-corrected chi connectivity index (χ4v) is 4.80. The van der Waals surface area contributed by atoms with Crippen LogP contribution in [-0.4, -0.2) is 56.3 Å². The molecule has 150 valence electrons. The summed E-state index contributed by atoms with van der Waals surface area (Å²) in [5, 5.41) is 3.01. The van der Waals surface area contributed by atoms with E-state index in [1.165, 1.54) is 22.5 Å². The van der Waals surface area contributed by atoms with Crippen LogP contribution in [0.25, 0.3) is 0 Å². The summed E-state index contributed by atoms with van der Waals surface area (Å²) in [4.78, 5) is 14.9. The second kappa shape index (κ2) is 9.05. The molecule has 0 spiro atoms. The summed E-state index contributed by atoms with van der Waals surface area (Å²) < 4.78 is 27.4. The van der Waals surface area contributed by atoms with Gasteiger partial charge in [-0.05, 0) is 30.3 Å². The molecule has 1 heterocycles. The maximum Gasteiger partial charge on any atom is 0.253 e. The van der Waals surface area contributed by atoms with Gasteiger partial charge in [-0.3, -0.25) is 4.79 Å². The fraction of sp³-hybridized carbons (Fsp3) is 0.350. The maximum absolute atomic E-state index is 13.0. The van der Waals surface area contributed by atoms with Crippen LogP contribution in [0, 0.1) is 0 Å². The molecule has 0 aromatic heterocycles. The molecule has 1 saturated heterocycles. The van der Waals surface area contributed by atoms with Gasteiger partial charge >= 0.3 is 0 Å². The number of sulfonamides is 1. The Kier molecular flexibility index (Phi) is 6.72. The minimum Gasteiger partial charge on any atom is -0.348 e. The smallest absolute Gasteiger partial charge is 0.253 e. The predicted molar refractivity (Wildman–Crippen MR) is 110 cm³/mol. The zero-order valence-corrected chi connectivity index (χ0v) is 17.3. The second-order valence-electron chi connectivity index (χ2n) is 6.65. The van der Waals surface area contributed by atoms with Crippen LogP contribution in [-0.2, 0) is 16.6 Å². The zero-order chi connectivity index (χ0) is 20.1. The van der Waals surface area contributed by atoms with E-state index in [1.54, 1.807) is 0 Å². The van der Waals surface area contributed by atoms with Crippen molar-refractivity contribution in [3.8, 4) is 0 Å². The van der Waals surface area contributed by atoms with Gasteiger partial charge < -0.3 is 10.2 Å². The molecule has 1 aliphatic rings. The molecular weight excluding hydrogens is 398 g/mol. The van der Waals surface area contributed by atoms with Crippen molar-refractivity contribution >= 4 is 27.5 Å². The van der Waals surface area contributed by atoms with E-state index in [2.05, 4.69) is 17.1 Å². The third-order valence-corrected chi connectivity index (χ3v) is 7.12. The van der Waals surface area contributed by atoms with E-state index < -0.39 is 15.9 Å². The van der Waals surface area contributed by atoms with Crippen LogP contribution in [0.1, 0.15) is 22.8 Å². The fourth-order valence-electron chi connectivity index (χ4n) is 3.15. The average molecular weight is 422 g/mol. The topological polar surface area (TPSA) is 69.7 Å². The van der Waals surface area contributed by atoms with Crippen LogP contribution >= 0.6 is 11.6 Å². The van der Waals surface area contributed by atoms with E-state index in [-0.39, 0.29) is 15.5 Å². The van der Waals surface area contributed by atoms with Crippen molar-refractivity contribution in [1.82, 2.24) is 14.5 Å². The van der Waals surface area contributed by atoms with E-state index in [0.29, 0.717) is 32.7 Å². The van der Waals surface area contributed by atoms with Crippen molar-refractivity contribution in [2.45, 2.75) is 18.4 Å². The van der Waals surface area contributed by atoms with Crippen molar-refractivity contribution in [3.63, 3.8) is 0 Å². The lowest BCUT2D eigenvalue weighted by atomic mass is 10.2. The summed E-state index contributed by atoms with van der Waals surface area (Å²) >= 11 is 6.17. The molecule has 1 amide bonds. The molecule has 0 radical (unpaired) electrons. The lowest BCUT2D eigenvalue weighted by Gasteiger charge is -2.33. The Morgan fingerprint density at radius 3 is 2.39 bits per heavy atom. The summed E-state index contributed by atoms with van der Waals surface area (Å²) in [6.45, 7) is 5.58. The molecule has 6 nitrogen and oxygen atoms in total. The lowest BCUT2D eigenvalue weighted by molar-refractivity contribution is 0.0951. The van der Waals surface area contributed by atoms with Crippen molar-refractivity contribution in [3.05, 3.63) is 64.7 Å². The highest BCUT2D eigenvalue weighted by Gasteiger charge is 2.29. The number of benzene rings is 2. The van der Waals surface area contributed by atoms with Gasteiger partial charge in [0.2, 0.25) is 10.0 Å². The Morgan fingerprint density at radius 2 is 1.75 bits per heavy atom. The molecule has 2 aromatic rings. The van der Waals surface area contributed by atoms with E-state index >= 15 is 0 Å². The Labute approximate surface area is 171 Å². The van der Waals surface area contributed by atoms with Crippen LogP contribution in [0.5, 0.6) is 0 Å². The van der Waals surface area contributed by atoms with Crippen LogP contribution in [0.15, 0.2) is 53.4 Å². The molecule has 0 bridgehead atoms. The Balaban J connectivity index is 1.76. The van der Waals surface area contributed by atoms with Gasteiger partial charge in [0.05, 0.1) is 15.5 Å². The second-order valence-corrected chi connectivity index (χ2v) is 8.99. The largest absolute Gasteiger partial charge is 0.348 e. The highest BCUT2D eigenvalue weighted by molar-refractivity contribution is 7.89. The third-order valence-electron chi connectivity index (χ3n) is 4.89. The van der Waals surface area contributed by atoms with Gasteiger partial charge in [-0.2, -0.15) is 4.31 Å². The first-order valence-electron chi connectivity index (χ1n) is 9.26. The number of rotatable bonds is 6. The SMILES string of the molecule is CCN1CCN(S(=O)(=O)c2ccc(Cl)c(C(=O)NCc3ccccc3)c2)CC1. The standard InChI is InChI=1S/C20H24ClN3O3S/c1-2-23-10-12-24(13-11-23)28(26,27)17-8-9-19(21)18(14-17)20(25)22-15-16-6-4-3-5-7-16/h3-9,14H,2,10-13,15H2,1H3,(H,22,25). The minimum absolute atomic E-state index is 0.0895. The van der Waals surface area contributed by atoms with Crippen molar-refractivity contribution in [2.24, 2.45) is 0 Å². The molecule has 0 aliphatic carbocycles. The number of piperazine rings is 1. The molecule has 3 rings (SSSR count). The number of nitrogens with zero attached hydrogens (tertiary/aromatic N) is 2. The zero-order valence-electron chi connectivity index (χ0n) is 15.8. The van der Waals surface area contributed by atoms with Crippen molar-refractivity contribution in [1.29, 1.82) is 0 Å². The number of carbonyl (C=O) groups is 1. The van der Waals surface area contributed by atoms with Gasteiger partial charge in [0.1, 0.15) is 0 Å². The number of amides is 1. The molecule has 1 aliphatic heterocycles. The number of carbonyl (C=O) groups excluding carboxylic acids is 1. The van der Waals surface area contributed by atoms with E-state index in [0.717, 1.165) is 12.1 Å². The Hall–Kier alpha value is -1.93. The first kappa shape index (κ1) is 20.8. The summed E-state index contributed by atoms with van der Waals surface area (Å²) in [5.41, 5.74) is 1.11. The molecule has 28 heavy (non-hydrogen) atoms. The molecule has 0 saturated carbocycles. The van der Waals surface area contributed by atoms with E-state index in [1.807, 2.05) is 30.3 Å². The summed E-state index contributed by atoms with van der Waals surface area (Å²) in [5.74, 6) is -0.401. The molecule has 1 fully saturated rings. The first-order chi connectivity index (χ1) is 13.4. The van der Waals surface area contributed by atoms with E-state index in [9.17, 15) is 13.2 Å². The van der Waals surface area contributed by atoms with Crippen LogP contribution in [0.4, 0.5) is 0 Å². The number of halogens is 1. The quantitative estimate of drug-likeness (QED) is 0.778. The van der Waals surface area contributed by atoms with E-state index in [4.69, 9.17) is 11.6 Å². The third kappa shape index (κ3) is 4.72. The normalized spacial score (nSPS) is 16.1. The van der Waals surface area contributed by atoms with Gasteiger partial charge in [0.15, 0.2) is 0 Å². The summed E-state index contributed by atoms with van der Waals surface area (Å²) in [7, 11) is -3.67. The molecular formula is C20H24ClN3O3S. The van der Waals surface area contributed by atoms with Crippen molar-refractivity contribution < 1.29 is 13.2 Å². The van der Waals surface area contributed by atoms with Crippen LogP contribution in [0.2, 0.25) is 5.02 Å². The monoisotopic (exact) mass is 421 g/mol. The summed E-state index contributed by atoms with van der Waals surface area (Å²) in [6.07, 6.45) is 0. The highest BCUT2D eigenvalue weighted by Crippen LogP contribution is 2.24. The summed E-state index contributed by atoms with van der Waals surface area (Å²) in [6, 6.07) is 13.8. The molecule has 2 aromatic carbocycles. The molecule has 1 N–H and O–H groups in total. The predicted octanol–water partition coefficient (Wildman–Crippen LogP) is 2.60. The Morgan fingerprint density at radius 1 is 1.07 bits per heavy atom. The molecule has 8 heteroatoms. The number of nitrogens with one attached hydrogen (secondary N) is 1. The molecule has 0 atom stereocenters. The van der Waals surface area contributed by atoms with Gasteiger partial charge in [0.25, 0.3) is 5.91 Å². The Bertz CT molecular complexity index is 927. The average Bonchev–Trinajstić information content (AvgIpc) is 2.73. The van der Waals surface area contributed by atoms with Gasteiger partial charge in [-0.15, -0.1) is 0 Å². The minimum atomic E-state index is -3.67. The van der Waals surface area contributed by atoms with Crippen LogP contribution in [0.3, 0.4) is 0 Å². The van der Waals surface area contributed by atoms with Crippen molar-refractivity contribution in [2.75, 3.05) is 32.7 Å². The molecule has 0 unspecified atom stereocenters. The number of hydrogen-bond donors (Lipinski definition) is 1. The first-order valence-corrected chi connectivity index (χ1v) is 11.1. The number of likely N-dealkylation sites (N-methyl/N-ethyl adjacent to an activating group) is 1. The van der Waals surface area contributed by atoms with Gasteiger partial charge in [-0.1, -0.05) is 48.9 Å². The highest BCUT2D eigenvalue weighted by atomic mass is 35.5. The number of hydrogen-bond acceptors (Lipinski definition) is 4. The van der Waals surface area contributed by atoms with Gasteiger partial charge in [-0.25, -0.2) is 8.42 Å². The maximum atomic E-state index is 13.0. The van der Waals surface area contributed by atoms with Crippen LogP contribution < -0.4 is 5.32 Å².